The Hall–Kier alpha value is -1.63. The third-order valence-electron chi connectivity index (χ3n) is 2.33. The van der Waals surface area contributed by atoms with Crippen molar-refractivity contribution in [3.63, 3.8) is 0 Å². The van der Waals surface area contributed by atoms with Crippen LogP contribution in [0.4, 0.5) is 17.8 Å². The number of nitrogens with one attached hydrogen (secondary N) is 2. The number of nitrogens with zero attached hydrogens (tertiary/aromatic N) is 4. The molecule has 0 aliphatic rings. The van der Waals surface area contributed by atoms with Gasteiger partial charge in [0.1, 0.15) is 0 Å². The van der Waals surface area contributed by atoms with Crippen LogP contribution in [0.15, 0.2) is 0 Å². The number of aliphatic hydroxyl groups excluding tert-OH is 1. The molecule has 1 rings (SSSR count). The second-order valence-electron chi connectivity index (χ2n) is 4.35. The summed E-state index contributed by atoms with van der Waals surface area (Å²) >= 11 is 0. The summed E-state index contributed by atoms with van der Waals surface area (Å²) in [6.07, 6.45) is 1.36. The molecule has 0 aliphatic carbocycles. The summed E-state index contributed by atoms with van der Waals surface area (Å²) < 4.78 is 0. The lowest BCUT2D eigenvalue weighted by Crippen LogP contribution is -2.17. The third-order valence-corrected chi connectivity index (χ3v) is 2.33. The molecular weight excluding hydrogens is 232 g/mol. The third kappa shape index (κ3) is 4.70. The highest BCUT2D eigenvalue weighted by Gasteiger charge is 2.06. The van der Waals surface area contributed by atoms with Crippen molar-refractivity contribution in [3.8, 4) is 0 Å². The quantitative estimate of drug-likeness (QED) is 0.613. The van der Waals surface area contributed by atoms with Crippen LogP contribution in [-0.2, 0) is 0 Å². The predicted molar refractivity (Wildman–Crippen MR) is 73.1 cm³/mol. The van der Waals surface area contributed by atoms with E-state index in [4.69, 9.17) is 5.11 Å². The zero-order valence-corrected chi connectivity index (χ0v) is 11.4. The fraction of sp³-hybridized carbons (Fsp3) is 0.727. The van der Waals surface area contributed by atoms with Crippen molar-refractivity contribution < 1.29 is 5.11 Å². The van der Waals surface area contributed by atoms with Crippen LogP contribution < -0.4 is 15.5 Å². The maximum absolute atomic E-state index is 9.16. The van der Waals surface area contributed by atoms with Crippen LogP contribution in [0.1, 0.15) is 19.8 Å². The Morgan fingerprint density at radius 1 is 1.22 bits per heavy atom. The Kier molecular flexibility index (Phi) is 5.57. The summed E-state index contributed by atoms with van der Waals surface area (Å²) in [5, 5.41) is 15.2. The molecule has 0 radical (unpaired) electrons. The summed E-state index contributed by atoms with van der Waals surface area (Å²) in [5.41, 5.74) is 0. The Balaban J connectivity index is 2.61. The van der Waals surface area contributed by atoms with Crippen molar-refractivity contribution in [2.45, 2.75) is 25.9 Å². The number of aromatic nitrogens is 3. The maximum atomic E-state index is 9.16. The molecule has 0 spiro atoms. The van der Waals surface area contributed by atoms with Gasteiger partial charge in [-0.2, -0.15) is 15.0 Å². The number of hydrogen-bond acceptors (Lipinski definition) is 7. The summed E-state index contributed by atoms with van der Waals surface area (Å²) in [7, 11) is 5.53. The molecule has 0 amide bonds. The molecule has 0 aliphatic heterocycles. The number of anilines is 3. The van der Waals surface area contributed by atoms with E-state index in [0.717, 1.165) is 19.4 Å². The van der Waals surface area contributed by atoms with Gasteiger partial charge in [-0.3, -0.25) is 0 Å². The van der Waals surface area contributed by atoms with Gasteiger partial charge in [-0.05, 0) is 19.8 Å². The van der Waals surface area contributed by atoms with Gasteiger partial charge in [-0.1, -0.05) is 0 Å². The van der Waals surface area contributed by atoms with Gasteiger partial charge in [0, 0.05) is 27.7 Å². The Morgan fingerprint density at radius 3 is 2.44 bits per heavy atom. The van der Waals surface area contributed by atoms with E-state index in [1.807, 2.05) is 19.0 Å². The van der Waals surface area contributed by atoms with E-state index in [1.54, 1.807) is 14.0 Å². The molecule has 1 aromatic heterocycles. The maximum Gasteiger partial charge on any atom is 0.231 e. The van der Waals surface area contributed by atoms with E-state index in [9.17, 15) is 0 Å². The molecule has 1 atom stereocenters. The van der Waals surface area contributed by atoms with E-state index in [-0.39, 0.29) is 6.10 Å². The average Bonchev–Trinajstić information content (AvgIpc) is 2.34. The molecule has 1 heterocycles. The molecule has 1 unspecified atom stereocenters. The van der Waals surface area contributed by atoms with Gasteiger partial charge in [0.25, 0.3) is 0 Å². The molecule has 0 saturated carbocycles. The van der Waals surface area contributed by atoms with Crippen LogP contribution in [0.25, 0.3) is 0 Å². The lowest BCUT2D eigenvalue weighted by Gasteiger charge is -2.13. The molecule has 7 nitrogen and oxygen atoms in total. The first kappa shape index (κ1) is 14.4. The van der Waals surface area contributed by atoms with Crippen molar-refractivity contribution >= 4 is 17.8 Å². The second-order valence-corrected chi connectivity index (χ2v) is 4.35. The lowest BCUT2D eigenvalue weighted by molar-refractivity contribution is 0.183. The first-order valence-corrected chi connectivity index (χ1v) is 6.06. The molecule has 0 saturated heterocycles. The minimum atomic E-state index is -0.268. The lowest BCUT2D eigenvalue weighted by atomic mass is 10.2. The minimum absolute atomic E-state index is 0.268. The molecule has 102 valence electrons. The molecule has 0 bridgehead atoms. The fourth-order valence-corrected chi connectivity index (χ4v) is 1.35. The minimum Gasteiger partial charge on any atom is -0.393 e. The van der Waals surface area contributed by atoms with Gasteiger partial charge in [0.15, 0.2) is 0 Å². The Labute approximate surface area is 108 Å². The van der Waals surface area contributed by atoms with Crippen molar-refractivity contribution in [1.29, 1.82) is 0 Å². The summed E-state index contributed by atoms with van der Waals surface area (Å²) in [6.45, 7) is 2.51. The van der Waals surface area contributed by atoms with Gasteiger partial charge >= 0.3 is 0 Å². The molecule has 0 fully saturated rings. The van der Waals surface area contributed by atoms with Gasteiger partial charge in [-0.15, -0.1) is 0 Å². The zero-order chi connectivity index (χ0) is 13.5. The van der Waals surface area contributed by atoms with Crippen LogP contribution >= 0.6 is 0 Å². The summed E-state index contributed by atoms with van der Waals surface area (Å²) in [4.78, 5) is 14.5. The fourth-order valence-electron chi connectivity index (χ4n) is 1.35. The van der Waals surface area contributed by atoms with Gasteiger partial charge in [-0.25, -0.2) is 0 Å². The molecule has 7 heteroatoms. The SMILES string of the molecule is CNc1nc(NCCCC(C)O)nc(N(C)C)n1. The largest absolute Gasteiger partial charge is 0.393 e. The average molecular weight is 254 g/mol. The first-order chi connectivity index (χ1) is 8.52. The van der Waals surface area contributed by atoms with Crippen LogP contribution in [0.5, 0.6) is 0 Å². The van der Waals surface area contributed by atoms with Crippen molar-refractivity contribution in [1.82, 2.24) is 15.0 Å². The van der Waals surface area contributed by atoms with Crippen LogP contribution in [0.3, 0.4) is 0 Å². The number of aliphatic hydroxyl groups is 1. The highest BCUT2D eigenvalue weighted by Crippen LogP contribution is 2.11. The van der Waals surface area contributed by atoms with Gasteiger partial charge in [0.05, 0.1) is 6.10 Å². The van der Waals surface area contributed by atoms with Crippen molar-refractivity contribution in [3.05, 3.63) is 0 Å². The topological polar surface area (TPSA) is 86.2 Å². The highest BCUT2D eigenvalue weighted by atomic mass is 16.3. The van der Waals surface area contributed by atoms with Crippen LogP contribution in [0.2, 0.25) is 0 Å². The number of rotatable bonds is 7. The summed E-state index contributed by atoms with van der Waals surface area (Å²) in [6, 6.07) is 0. The predicted octanol–water partition coefficient (Wildman–Crippen LogP) is 0.552. The molecule has 1 aromatic rings. The summed E-state index contributed by atoms with van der Waals surface area (Å²) in [5.74, 6) is 1.68. The monoisotopic (exact) mass is 254 g/mol. The Bertz CT molecular complexity index is 369. The van der Waals surface area contributed by atoms with Gasteiger partial charge < -0.3 is 20.6 Å². The molecule has 0 aromatic carbocycles. The van der Waals surface area contributed by atoms with E-state index >= 15 is 0 Å². The number of hydrogen-bond donors (Lipinski definition) is 3. The van der Waals surface area contributed by atoms with Crippen LogP contribution in [0, 0.1) is 0 Å². The molecular formula is C11H22N6O. The second kappa shape index (κ2) is 6.95. The van der Waals surface area contributed by atoms with Crippen molar-refractivity contribution in [2.24, 2.45) is 0 Å². The smallest absolute Gasteiger partial charge is 0.231 e. The standard InChI is InChI=1S/C11H22N6O/c1-8(18)6-5-7-13-10-14-9(12-2)15-11(16-10)17(3)4/h8,18H,5-7H2,1-4H3,(H2,12,13,14,15,16). The zero-order valence-electron chi connectivity index (χ0n) is 11.4. The van der Waals surface area contributed by atoms with E-state index < -0.39 is 0 Å². The normalized spacial score (nSPS) is 12.1. The first-order valence-electron chi connectivity index (χ1n) is 6.06. The van der Waals surface area contributed by atoms with Crippen LogP contribution in [-0.4, -0.2) is 53.9 Å². The highest BCUT2D eigenvalue weighted by molar-refractivity contribution is 5.42. The van der Waals surface area contributed by atoms with Crippen molar-refractivity contribution in [2.75, 3.05) is 43.2 Å². The van der Waals surface area contributed by atoms with E-state index in [2.05, 4.69) is 25.6 Å². The van der Waals surface area contributed by atoms with E-state index in [1.165, 1.54) is 0 Å². The van der Waals surface area contributed by atoms with E-state index in [0.29, 0.717) is 17.8 Å². The van der Waals surface area contributed by atoms with Gasteiger partial charge in [0.2, 0.25) is 17.8 Å². The Morgan fingerprint density at radius 2 is 1.89 bits per heavy atom. The molecule has 3 N–H and O–H groups in total. The molecule has 18 heavy (non-hydrogen) atoms.